The molecule has 0 spiro atoms. The van der Waals surface area contributed by atoms with Gasteiger partial charge in [-0.3, -0.25) is 4.90 Å². The van der Waals surface area contributed by atoms with Crippen LogP contribution in [0.15, 0.2) is 12.1 Å². The van der Waals surface area contributed by atoms with Gasteiger partial charge in [-0.15, -0.1) is 0 Å². The summed E-state index contributed by atoms with van der Waals surface area (Å²) < 4.78 is 4.81. The summed E-state index contributed by atoms with van der Waals surface area (Å²) in [5, 5.41) is 0. The van der Waals surface area contributed by atoms with E-state index in [9.17, 15) is 4.79 Å². The summed E-state index contributed by atoms with van der Waals surface area (Å²) in [6.45, 7) is 4.91. The molecule has 1 aromatic carbocycles. The average Bonchev–Trinajstić information content (AvgIpc) is 2.27. The molecule has 0 unspecified atom stereocenters. The van der Waals surface area contributed by atoms with Crippen LogP contribution in [0.5, 0.6) is 0 Å². The van der Waals surface area contributed by atoms with Gasteiger partial charge < -0.3 is 4.74 Å². The average molecular weight is 219 g/mol. The molecule has 1 heterocycles. The molecule has 0 aliphatic carbocycles. The standard InChI is InChI=1S/C13H17NO2/c1-9-7-10(2)11-5-4-6-14(12(11)8-9)13(15)16-3/h7-8H,4-6H2,1-3H3. The molecule has 0 bridgehead atoms. The highest BCUT2D eigenvalue weighted by Crippen LogP contribution is 2.31. The number of rotatable bonds is 0. The Morgan fingerprint density at radius 3 is 2.81 bits per heavy atom. The number of benzene rings is 1. The zero-order valence-electron chi connectivity index (χ0n) is 10.0. The van der Waals surface area contributed by atoms with Crippen LogP contribution in [0.25, 0.3) is 0 Å². The summed E-state index contributed by atoms with van der Waals surface area (Å²) in [5.74, 6) is 0. The fourth-order valence-electron chi connectivity index (χ4n) is 2.38. The van der Waals surface area contributed by atoms with Gasteiger partial charge in [0.25, 0.3) is 0 Å². The molecule has 0 atom stereocenters. The van der Waals surface area contributed by atoms with Crippen molar-refractivity contribution < 1.29 is 9.53 Å². The fourth-order valence-corrected chi connectivity index (χ4v) is 2.38. The van der Waals surface area contributed by atoms with E-state index in [1.54, 1.807) is 4.90 Å². The molecule has 1 aliphatic rings. The third-order valence-electron chi connectivity index (χ3n) is 3.09. The molecule has 3 nitrogen and oxygen atoms in total. The predicted molar refractivity (Wildman–Crippen MR) is 64.0 cm³/mol. The second kappa shape index (κ2) is 4.16. The number of anilines is 1. The van der Waals surface area contributed by atoms with Crippen molar-refractivity contribution in [3.05, 3.63) is 28.8 Å². The maximum atomic E-state index is 11.7. The lowest BCUT2D eigenvalue weighted by atomic mass is 9.95. The zero-order chi connectivity index (χ0) is 11.7. The van der Waals surface area contributed by atoms with E-state index in [0.717, 1.165) is 25.1 Å². The Labute approximate surface area is 96.0 Å². The van der Waals surface area contributed by atoms with Gasteiger partial charge in [0, 0.05) is 6.54 Å². The van der Waals surface area contributed by atoms with E-state index >= 15 is 0 Å². The number of carbonyl (C=O) groups is 1. The molecule has 0 aromatic heterocycles. The Kier molecular flexibility index (Phi) is 2.86. The monoisotopic (exact) mass is 219 g/mol. The molecular formula is C13H17NO2. The van der Waals surface area contributed by atoms with Crippen molar-refractivity contribution in [1.29, 1.82) is 0 Å². The van der Waals surface area contributed by atoms with Crippen LogP contribution in [0, 0.1) is 13.8 Å². The summed E-state index contributed by atoms with van der Waals surface area (Å²) in [7, 11) is 1.43. The maximum absolute atomic E-state index is 11.7. The van der Waals surface area contributed by atoms with Crippen molar-refractivity contribution in [2.24, 2.45) is 0 Å². The van der Waals surface area contributed by atoms with E-state index in [-0.39, 0.29) is 6.09 Å². The van der Waals surface area contributed by atoms with Crippen LogP contribution in [0.2, 0.25) is 0 Å². The van der Waals surface area contributed by atoms with Crippen LogP contribution in [0.1, 0.15) is 23.1 Å². The van der Waals surface area contributed by atoms with Gasteiger partial charge in [-0.2, -0.15) is 0 Å². The number of nitrogens with zero attached hydrogens (tertiary/aromatic N) is 1. The number of ether oxygens (including phenoxy) is 1. The highest BCUT2D eigenvalue weighted by Gasteiger charge is 2.24. The Hall–Kier alpha value is -1.51. The lowest BCUT2D eigenvalue weighted by Gasteiger charge is -2.29. The van der Waals surface area contributed by atoms with E-state index in [0.29, 0.717) is 0 Å². The van der Waals surface area contributed by atoms with E-state index in [4.69, 9.17) is 4.74 Å². The third kappa shape index (κ3) is 1.77. The van der Waals surface area contributed by atoms with E-state index in [1.165, 1.54) is 23.8 Å². The van der Waals surface area contributed by atoms with Crippen LogP contribution in [-0.4, -0.2) is 19.7 Å². The van der Waals surface area contributed by atoms with Gasteiger partial charge in [0.1, 0.15) is 0 Å². The first-order valence-corrected chi connectivity index (χ1v) is 5.59. The molecule has 0 saturated heterocycles. The number of hydrogen-bond acceptors (Lipinski definition) is 2. The number of hydrogen-bond donors (Lipinski definition) is 0. The van der Waals surface area contributed by atoms with Gasteiger partial charge in [-0.1, -0.05) is 6.07 Å². The molecular weight excluding hydrogens is 202 g/mol. The minimum Gasteiger partial charge on any atom is -0.452 e. The van der Waals surface area contributed by atoms with E-state index < -0.39 is 0 Å². The number of aryl methyl sites for hydroxylation is 2. The molecule has 3 heteroatoms. The Balaban J connectivity index is 2.49. The predicted octanol–water partition coefficient (Wildman–Crippen LogP) is 2.82. The second-order valence-electron chi connectivity index (χ2n) is 4.30. The van der Waals surface area contributed by atoms with Crippen molar-refractivity contribution in [2.75, 3.05) is 18.6 Å². The smallest absolute Gasteiger partial charge is 0.414 e. The number of methoxy groups -OCH3 is 1. The lowest BCUT2D eigenvalue weighted by molar-refractivity contribution is 0.178. The van der Waals surface area contributed by atoms with Gasteiger partial charge in [0.15, 0.2) is 0 Å². The molecule has 1 aliphatic heterocycles. The van der Waals surface area contributed by atoms with Gasteiger partial charge in [0.05, 0.1) is 12.8 Å². The van der Waals surface area contributed by atoms with Crippen LogP contribution >= 0.6 is 0 Å². The van der Waals surface area contributed by atoms with Crippen molar-refractivity contribution in [3.8, 4) is 0 Å². The summed E-state index contributed by atoms with van der Waals surface area (Å²) in [6, 6.07) is 4.23. The van der Waals surface area contributed by atoms with Crippen LogP contribution in [-0.2, 0) is 11.2 Å². The minimum absolute atomic E-state index is 0.258. The zero-order valence-corrected chi connectivity index (χ0v) is 10.0. The Morgan fingerprint density at radius 1 is 1.38 bits per heavy atom. The molecule has 2 rings (SSSR count). The quantitative estimate of drug-likeness (QED) is 0.671. The van der Waals surface area contributed by atoms with Gasteiger partial charge in [-0.05, 0) is 49.4 Å². The SMILES string of the molecule is COC(=O)N1CCCc2c(C)cc(C)cc21. The van der Waals surface area contributed by atoms with Crippen molar-refractivity contribution >= 4 is 11.8 Å². The molecule has 0 radical (unpaired) electrons. The molecule has 0 fully saturated rings. The number of amides is 1. The highest BCUT2D eigenvalue weighted by atomic mass is 16.5. The van der Waals surface area contributed by atoms with Crippen LogP contribution in [0.4, 0.5) is 10.5 Å². The Bertz CT molecular complexity index is 426. The molecule has 1 aromatic rings. The van der Waals surface area contributed by atoms with Gasteiger partial charge >= 0.3 is 6.09 Å². The van der Waals surface area contributed by atoms with Gasteiger partial charge in [0.2, 0.25) is 0 Å². The highest BCUT2D eigenvalue weighted by molar-refractivity contribution is 5.89. The number of carbonyl (C=O) groups excluding carboxylic acids is 1. The number of fused-ring (bicyclic) bond motifs is 1. The fraction of sp³-hybridized carbons (Fsp3) is 0.462. The first kappa shape index (κ1) is 11.0. The van der Waals surface area contributed by atoms with Crippen molar-refractivity contribution in [1.82, 2.24) is 0 Å². The molecule has 16 heavy (non-hydrogen) atoms. The third-order valence-corrected chi connectivity index (χ3v) is 3.09. The summed E-state index contributed by atoms with van der Waals surface area (Å²) in [5.41, 5.74) is 4.76. The van der Waals surface area contributed by atoms with Crippen LogP contribution in [0.3, 0.4) is 0 Å². The molecule has 86 valence electrons. The maximum Gasteiger partial charge on any atom is 0.414 e. The molecule has 0 saturated carbocycles. The summed E-state index contributed by atoms with van der Waals surface area (Å²) >= 11 is 0. The molecule has 1 amide bonds. The van der Waals surface area contributed by atoms with Crippen molar-refractivity contribution in [2.45, 2.75) is 26.7 Å². The summed E-state index contributed by atoms with van der Waals surface area (Å²) in [6.07, 6.45) is 1.80. The van der Waals surface area contributed by atoms with Gasteiger partial charge in [-0.25, -0.2) is 4.79 Å². The van der Waals surface area contributed by atoms with E-state index in [2.05, 4.69) is 26.0 Å². The normalized spacial score (nSPS) is 14.6. The largest absolute Gasteiger partial charge is 0.452 e. The first-order chi connectivity index (χ1) is 7.63. The topological polar surface area (TPSA) is 29.5 Å². The minimum atomic E-state index is -0.258. The lowest BCUT2D eigenvalue weighted by Crippen LogP contribution is -2.35. The summed E-state index contributed by atoms with van der Waals surface area (Å²) in [4.78, 5) is 13.4. The first-order valence-electron chi connectivity index (χ1n) is 5.59. The molecule has 0 N–H and O–H groups in total. The Morgan fingerprint density at radius 2 is 2.12 bits per heavy atom. The van der Waals surface area contributed by atoms with Crippen LogP contribution < -0.4 is 4.90 Å². The van der Waals surface area contributed by atoms with E-state index in [1.807, 2.05) is 0 Å². The second-order valence-corrected chi connectivity index (χ2v) is 4.30. The van der Waals surface area contributed by atoms with Crippen molar-refractivity contribution in [3.63, 3.8) is 0 Å².